The van der Waals surface area contributed by atoms with Gasteiger partial charge in [-0.15, -0.1) is 0 Å². The molecule has 0 fully saturated rings. The molecule has 0 saturated heterocycles. The maximum Gasteiger partial charge on any atom is 0.416 e. The van der Waals surface area contributed by atoms with Gasteiger partial charge in [0.25, 0.3) is 0 Å². The van der Waals surface area contributed by atoms with E-state index in [4.69, 9.17) is 5.11 Å². The molecule has 2 rings (SSSR count). The minimum Gasteiger partial charge on any atom is -0.481 e. The number of benzene rings is 2. The van der Waals surface area contributed by atoms with Crippen LogP contribution < -0.4 is 4.72 Å². The fraction of sp³-hybridized carbons (Fsp3) is 0.188. The first-order valence-corrected chi connectivity index (χ1v) is 8.54. The van der Waals surface area contributed by atoms with Crippen molar-refractivity contribution >= 4 is 16.0 Å². The Hall–Kier alpha value is -2.39. The number of alkyl halides is 3. The van der Waals surface area contributed by atoms with Gasteiger partial charge in [-0.25, -0.2) is 13.1 Å². The Labute approximate surface area is 142 Å². The van der Waals surface area contributed by atoms with Gasteiger partial charge < -0.3 is 5.11 Å². The van der Waals surface area contributed by atoms with Crippen LogP contribution in [0.15, 0.2) is 59.5 Å². The van der Waals surface area contributed by atoms with Gasteiger partial charge in [-0.2, -0.15) is 13.2 Å². The van der Waals surface area contributed by atoms with Crippen molar-refractivity contribution in [2.45, 2.75) is 23.5 Å². The lowest BCUT2D eigenvalue weighted by molar-refractivity contribution is -0.138. The van der Waals surface area contributed by atoms with Gasteiger partial charge in [0.15, 0.2) is 0 Å². The van der Waals surface area contributed by atoms with Crippen molar-refractivity contribution in [1.29, 1.82) is 0 Å². The van der Waals surface area contributed by atoms with Crippen molar-refractivity contribution in [3.05, 3.63) is 65.7 Å². The number of aliphatic carboxylic acids is 1. The lowest BCUT2D eigenvalue weighted by atomic mass is 10.1. The number of hydrogen-bond donors (Lipinski definition) is 2. The number of carboxylic acids is 1. The molecule has 1 atom stereocenters. The Morgan fingerprint density at radius 3 is 2.08 bits per heavy atom. The molecular weight excluding hydrogens is 359 g/mol. The molecule has 2 N–H and O–H groups in total. The van der Waals surface area contributed by atoms with E-state index < -0.39 is 40.2 Å². The molecule has 0 radical (unpaired) electrons. The summed E-state index contributed by atoms with van der Waals surface area (Å²) < 4.78 is 64.7. The van der Waals surface area contributed by atoms with Gasteiger partial charge in [0.2, 0.25) is 10.0 Å². The normalized spacial score (nSPS) is 13.4. The third-order valence-electron chi connectivity index (χ3n) is 3.37. The van der Waals surface area contributed by atoms with E-state index in [1.807, 2.05) is 0 Å². The summed E-state index contributed by atoms with van der Waals surface area (Å²) in [7, 11) is -4.20. The summed E-state index contributed by atoms with van der Waals surface area (Å²) in [5.41, 5.74) is -0.544. The molecule has 2 aromatic rings. The molecule has 0 bridgehead atoms. The predicted octanol–water partition coefficient (Wildman–Crippen LogP) is 3.20. The first kappa shape index (κ1) is 18.9. The van der Waals surface area contributed by atoms with Crippen LogP contribution in [0.25, 0.3) is 0 Å². The van der Waals surface area contributed by atoms with Crippen molar-refractivity contribution < 1.29 is 31.5 Å². The topological polar surface area (TPSA) is 83.5 Å². The average molecular weight is 373 g/mol. The summed E-state index contributed by atoms with van der Waals surface area (Å²) in [4.78, 5) is 10.6. The van der Waals surface area contributed by atoms with Crippen LogP contribution in [0, 0.1) is 0 Å². The fourth-order valence-corrected chi connectivity index (χ4v) is 3.39. The first-order chi connectivity index (χ1) is 11.6. The van der Waals surface area contributed by atoms with Crippen molar-refractivity contribution in [2.75, 3.05) is 0 Å². The lowest BCUT2D eigenvalue weighted by Crippen LogP contribution is -2.30. The highest BCUT2D eigenvalue weighted by Gasteiger charge is 2.31. The highest BCUT2D eigenvalue weighted by atomic mass is 32.2. The van der Waals surface area contributed by atoms with Gasteiger partial charge >= 0.3 is 12.1 Å². The molecule has 134 valence electrons. The summed E-state index contributed by atoms with van der Waals surface area (Å²) in [6, 6.07) is 9.96. The van der Waals surface area contributed by atoms with Crippen LogP contribution in [-0.4, -0.2) is 19.5 Å². The molecule has 5 nitrogen and oxygen atoms in total. The van der Waals surface area contributed by atoms with Crippen LogP contribution in [0.4, 0.5) is 13.2 Å². The van der Waals surface area contributed by atoms with Crippen LogP contribution in [0.3, 0.4) is 0 Å². The maximum absolute atomic E-state index is 12.6. The number of carbonyl (C=O) groups is 1. The second kappa shape index (κ2) is 7.24. The van der Waals surface area contributed by atoms with E-state index in [0.29, 0.717) is 17.7 Å². The highest BCUT2D eigenvalue weighted by Crippen LogP contribution is 2.30. The van der Waals surface area contributed by atoms with Gasteiger partial charge in [-0.05, 0) is 29.8 Å². The molecule has 1 unspecified atom stereocenters. The van der Waals surface area contributed by atoms with Gasteiger partial charge in [0, 0.05) is 0 Å². The van der Waals surface area contributed by atoms with Crippen LogP contribution in [0.2, 0.25) is 0 Å². The SMILES string of the molecule is O=C(O)CC(NS(=O)(=O)c1ccc(C(F)(F)F)cc1)c1ccccc1. The van der Waals surface area contributed by atoms with E-state index in [2.05, 4.69) is 4.72 Å². The second-order valence-corrected chi connectivity index (χ2v) is 6.92. The lowest BCUT2D eigenvalue weighted by Gasteiger charge is -2.18. The van der Waals surface area contributed by atoms with E-state index in [1.165, 1.54) is 0 Å². The van der Waals surface area contributed by atoms with E-state index >= 15 is 0 Å². The first-order valence-electron chi connectivity index (χ1n) is 7.06. The summed E-state index contributed by atoms with van der Waals surface area (Å²) in [6.45, 7) is 0. The zero-order valence-electron chi connectivity index (χ0n) is 12.7. The van der Waals surface area contributed by atoms with Crippen LogP contribution in [0.1, 0.15) is 23.6 Å². The molecular formula is C16H14F3NO4S. The Morgan fingerprint density at radius 2 is 1.60 bits per heavy atom. The minimum atomic E-state index is -4.58. The molecule has 0 aliphatic rings. The van der Waals surface area contributed by atoms with Crippen LogP contribution in [-0.2, 0) is 21.0 Å². The van der Waals surface area contributed by atoms with Gasteiger partial charge in [0.05, 0.1) is 22.9 Å². The molecule has 0 aliphatic heterocycles. The van der Waals surface area contributed by atoms with Crippen molar-refractivity contribution in [3.63, 3.8) is 0 Å². The zero-order valence-corrected chi connectivity index (χ0v) is 13.5. The Balaban J connectivity index is 2.29. The van der Waals surface area contributed by atoms with Gasteiger partial charge in [-0.3, -0.25) is 4.79 Å². The van der Waals surface area contributed by atoms with Crippen LogP contribution >= 0.6 is 0 Å². The van der Waals surface area contributed by atoms with Crippen molar-refractivity contribution in [2.24, 2.45) is 0 Å². The molecule has 0 heterocycles. The minimum absolute atomic E-state index is 0.383. The van der Waals surface area contributed by atoms with Gasteiger partial charge in [0.1, 0.15) is 0 Å². The van der Waals surface area contributed by atoms with E-state index in [9.17, 15) is 26.4 Å². The molecule has 0 amide bonds. The van der Waals surface area contributed by atoms with Crippen molar-refractivity contribution in [1.82, 2.24) is 4.72 Å². The van der Waals surface area contributed by atoms with E-state index in [0.717, 1.165) is 12.1 Å². The summed E-state index contributed by atoms with van der Waals surface area (Å²) in [5, 5.41) is 8.98. The Kier molecular flexibility index (Phi) is 5.48. The summed E-state index contributed by atoms with van der Waals surface area (Å²) >= 11 is 0. The van der Waals surface area contributed by atoms with Crippen LogP contribution in [0.5, 0.6) is 0 Å². The monoisotopic (exact) mass is 373 g/mol. The third-order valence-corrected chi connectivity index (χ3v) is 4.86. The summed E-state index contributed by atoms with van der Waals surface area (Å²) in [5.74, 6) is -1.22. The fourth-order valence-electron chi connectivity index (χ4n) is 2.17. The molecule has 0 aromatic heterocycles. The zero-order chi connectivity index (χ0) is 18.7. The molecule has 25 heavy (non-hydrogen) atoms. The predicted molar refractivity (Wildman–Crippen MR) is 83.2 cm³/mol. The summed E-state index contributed by atoms with van der Waals surface area (Å²) in [6.07, 6.45) is -5.09. The molecule has 2 aromatic carbocycles. The molecule has 0 spiro atoms. The number of carboxylic acid groups (broad SMARTS) is 1. The largest absolute Gasteiger partial charge is 0.481 e. The third kappa shape index (κ3) is 5.04. The number of sulfonamides is 1. The number of hydrogen-bond acceptors (Lipinski definition) is 3. The Bertz CT molecular complexity index is 834. The number of rotatable bonds is 6. The van der Waals surface area contributed by atoms with E-state index in [-0.39, 0.29) is 4.90 Å². The average Bonchev–Trinajstić information content (AvgIpc) is 2.54. The Morgan fingerprint density at radius 1 is 1.04 bits per heavy atom. The number of nitrogens with one attached hydrogen (secondary N) is 1. The smallest absolute Gasteiger partial charge is 0.416 e. The second-order valence-electron chi connectivity index (χ2n) is 5.20. The highest BCUT2D eigenvalue weighted by molar-refractivity contribution is 7.89. The number of halogens is 3. The standard InChI is InChI=1S/C16H14F3NO4S/c17-16(18,19)12-6-8-13(9-7-12)25(23,24)20-14(10-15(21)22)11-4-2-1-3-5-11/h1-9,14,20H,10H2,(H,21,22). The quantitative estimate of drug-likeness (QED) is 0.815. The maximum atomic E-state index is 12.6. The molecule has 9 heteroatoms. The molecule has 0 aliphatic carbocycles. The van der Waals surface area contributed by atoms with E-state index in [1.54, 1.807) is 30.3 Å². The molecule has 0 saturated carbocycles. The van der Waals surface area contributed by atoms with Crippen molar-refractivity contribution in [3.8, 4) is 0 Å². The van der Waals surface area contributed by atoms with Gasteiger partial charge in [-0.1, -0.05) is 30.3 Å².